The second-order valence-electron chi connectivity index (χ2n) is 5.53. The molecule has 26 heavy (non-hydrogen) atoms. The summed E-state index contributed by atoms with van der Waals surface area (Å²) < 4.78 is 1.68. The molecule has 0 aliphatic heterocycles. The maximum absolute atomic E-state index is 12.3. The molecule has 1 amide bonds. The van der Waals surface area contributed by atoms with Crippen LogP contribution in [0.2, 0.25) is 0 Å². The van der Waals surface area contributed by atoms with Gasteiger partial charge in [0.15, 0.2) is 5.69 Å². The van der Waals surface area contributed by atoms with E-state index in [0.29, 0.717) is 24.5 Å². The minimum atomic E-state index is -0.214. The number of halogens is 2. The second-order valence-corrected chi connectivity index (χ2v) is 5.53. The lowest BCUT2D eigenvalue weighted by atomic mass is 10.2. The number of benzene rings is 1. The minimum absolute atomic E-state index is 0. The molecule has 0 aliphatic rings. The van der Waals surface area contributed by atoms with Gasteiger partial charge in [0.1, 0.15) is 0 Å². The van der Waals surface area contributed by atoms with Crippen LogP contribution in [-0.2, 0) is 0 Å². The molecule has 9 heteroatoms. The lowest BCUT2D eigenvalue weighted by molar-refractivity contribution is 0.0947. The number of carbonyl (C=O) groups excluding carboxylic acids is 1. The number of carbonyl (C=O) groups is 1. The largest absolute Gasteiger partial charge is 0.351 e. The Kier molecular flexibility index (Phi) is 8.44. The van der Waals surface area contributed by atoms with E-state index < -0.39 is 0 Å². The highest BCUT2D eigenvalue weighted by Gasteiger charge is 2.18. The van der Waals surface area contributed by atoms with Gasteiger partial charge in [-0.15, -0.1) is 29.9 Å². The van der Waals surface area contributed by atoms with Crippen LogP contribution in [0.4, 0.5) is 0 Å². The van der Waals surface area contributed by atoms with Crippen molar-refractivity contribution in [2.75, 3.05) is 13.1 Å². The predicted octanol–water partition coefficient (Wildman–Crippen LogP) is 2.44. The number of rotatable bonds is 6. The summed E-state index contributed by atoms with van der Waals surface area (Å²) >= 11 is 0. The number of nitrogens with one attached hydrogen (secondary N) is 1. The Labute approximate surface area is 164 Å². The molecule has 0 saturated carbocycles. The number of pyridine rings is 1. The van der Waals surface area contributed by atoms with E-state index in [0.717, 1.165) is 29.4 Å². The van der Waals surface area contributed by atoms with Gasteiger partial charge in [-0.2, -0.15) is 0 Å². The number of nitrogens with two attached hydrogens (primary N) is 1. The van der Waals surface area contributed by atoms with Crippen molar-refractivity contribution in [3.8, 4) is 5.69 Å². The third-order valence-electron chi connectivity index (χ3n) is 3.88. The highest BCUT2D eigenvalue weighted by molar-refractivity contribution is 5.94. The Balaban J connectivity index is 0.00000169. The molecule has 0 spiro atoms. The smallest absolute Gasteiger partial charge is 0.273 e. The highest BCUT2D eigenvalue weighted by Crippen LogP contribution is 2.21. The quantitative estimate of drug-likeness (QED) is 0.623. The summed E-state index contributed by atoms with van der Waals surface area (Å²) in [5, 5.41) is 12.0. The number of unbranched alkanes of at least 4 members (excludes halogenated alkanes) is 1. The molecule has 3 rings (SSSR count). The van der Waals surface area contributed by atoms with E-state index in [2.05, 4.69) is 20.6 Å². The Hall–Kier alpha value is -2.22. The van der Waals surface area contributed by atoms with Crippen LogP contribution in [0.25, 0.3) is 16.6 Å². The molecular formula is C17H22Cl2N6O. The van der Waals surface area contributed by atoms with Gasteiger partial charge in [-0.3, -0.25) is 9.78 Å². The molecule has 0 radical (unpaired) electrons. The summed E-state index contributed by atoms with van der Waals surface area (Å²) in [7, 11) is 0. The van der Waals surface area contributed by atoms with Crippen molar-refractivity contribution in [2.45, 2.75) is 19.8 Å². The molecule has 0 saturated heterocycles. The summed E-state index contributed by atoms with van der Waals surface area (Å²) in [4.78, 5) is 16.6. The van der Waals surface area contributed by atoms with E-state index in [-0.39, 0.29) is 30.7 Å². The molecule has 3 N–H and O–H groups in total. The van der Waals surface area contributed by atoms with Gasteiger partial charge in [0.05, 0.1) is 16.9 Å². The number of hydrogen-bond acceptors (Lipinski definition) is 5. The molecule has 2 aromatic heterocycles. The number of nitrogens with zero attached hydrogens (tertiary/aromatic N) is 4. The number of aromatic nitrogens is 4. The zero-order chi connectivity index (χ0) is 16.9. The molecule has 140 valence electrons. The van der Waals surface area contributed by atoms with Gasteiger partial charge in [0.2, 0.25) is 0 Å². The highest BCUT2D eigenvalue weighted by atomic mass is 35.5. The van der Waals surface area contributed by atoms with Crippen molar-refractivity contribution in [3.63, 3.8) is 0 Å². The zero-order valence-electron chi connectivity index (χ0n) is 14.4. The van der Waals surface area contributed by atoms with Crippen LogP contribution in [0.15, 0.2) is 36.5 Å². The molecule has 0 fully saturated rings. The van der Waals surface area contributed by atoms with Crippen LogP contribution < -0.4 is 11.1 Å². The zero-order valence-corrected chi connectivity index (χ0v) is 16.0. The first-order valence-electron chi connectivity index (χ1n) is 7.97. The first kappa shape index (κ1) is 21.8. The molecular weight excluding hydrogens is 375 g/mol. The topological polar surface area (TPSA) is 98.7 Å². The van der Waals surface area contributed by atoms with Crippen LogP contribution in [0, 0.1) is 6.92 Å². The van der Waals surface area contributed by atoms with E-state index in [4.69, 9.17) is 5.73 Å². The molecule has 0 atom stereocenters. The van der Waals surface area contributed by atoms with Crippen molar-refractivity contribution in [1.29, 1.82) is 0 Å². The summed E-state index contributed by atoms with van der Waals surface area (Å²) in [6.45, 7) is 3.05. The van der Waals surface area contributed by atoms with E-state index >= 15 is 0 Å². The van der Waals surface area contributed by atoms with Crippen molar-refractivity contribution >= 4 is 41.6 Å². The standard InChI is InChI=1S/C17H20N6O.2ClH/c1-12-16(17(24)20-10-3-2-9-18)21-22-23(12)15-8-4-7-14-13(15)6-5-11-19-14;;/h4-8,11H,2-3,9-10,18H2,1H3,(H,20,24);2*1H. The summed E-state index contributed by atoms with van der Waals surface area (Å²) in [6, 6.07) is 9.65. The first-order valence-corrected chi connectivity index (χ1v) is 7.97. The second kappa shape index (κ2) is 10.1. The van der Waals surface area contributed by atoms with Crippen molar-refractivity contribution in [2.24, 2.45) is 5.73 Å². The summed E-state index contributed by atoms with van der Waals surface area (Å²) in [6.07, 6.45) is 3.49. The van der Waals surface area contributed by atoms with E-state index in [1.807, 2.05) is 37.3 Å². The lowest BCUT2D eigenvalue weighted by Crippen LogP contribution is -2.26. The third-order valence-corrected chi connectivity index (χ3v) is 3.88. The van der Waals surface area contributed by atoms with Gasteiger partial charge in [-0.25, -0.2) is 4.68 Å². The van der Waals surface area contributed by atoms with Crippen molar-refractivity contribution < 1.29 is 4.79 Å². The Morgan fingerprint density at radius 1 is 1.19 bits per heavy atom. The maximum atomic E-state index is 12.3. The predicted molar refractivity (Wildman–Crippen MR) is 107 cm³/mol. The maximum Gasteiger partial charge on any atom is 0.273 e. The summed E-state index contributed by atoms with van der Waals surface area (Å²) in [5.74, 6) is -0.214. The first-order chi connectivity index (χ1) is 11.7. The van der Waals surface area contributed by atoms with Crippen molar-refractivity contribution in [3.05, 3.63) is 47.9 Å². The Morgan fingerprint density at radius 2 is 2.00 bits per heavy atom. The average Bonchev–Trinajstić information content (AvgIpc) is 2.99. The number of amides is 1. The van der Waals surface area contributed by atoms with Crippen LogP contribution in [0.3, 0.4) is 0 Å². The Morgan fingerprint density at radius 3 is 2.77 bits per heavy atom. The molecule has 2 heterocycles. The van der Waals surface area contributed by atoms with Crippen LogP contribution in [0.1, 0.15) is 29.0 Å². The fraction of sp³-hybridized carbons (Fsp3) is 0.294. The molecule has 3 aromatic rings. The summed E-state index contributed by atoms with van der Waals surface area (Å²) in [5.41, 5.74) is 8.21. The number of fused-ring (bicyclic) bond motifs is 1. The molecule has 0 unspecified atom stereocenters. The van der Waals surface area contributed by atoms with Crippen LogP contribution >= 0.6 is 24.8 Å². The minimum Gasteiger partial charge on any atom is -0.351 e. The van der Waals surface area contributed by atoms with Gasteiger partial charge in [0, 0.05) is 18.1 Å². The Bertz CT molecular complexity index is 862. The van der Waals surface area contributed by atoms with Gasteiger partial charge >= 0.3 is 0 Å². The van der Waals surface area contributed by atoms with Crippen LogP contribution in [-0.4, -0.2) is 39.0 Å². The van der Waals surface area contributed by atoms with Gasteiger partial charge in [0.25, 0.3) is 5.91 Å². The fourth-order valence-electron chi connectivity index (χ4n) is 2.59. The normalized spacial score (nSPS) is 10.1. The van der Waals surface area contributed by atoms with Gasteiger partial charge < -0.3 is 11.1 Å². The fourth-order valence-corrected chi connectivity index (χ4v) is 2.59. The molecule has 0 aliphatic carbocycles. The molecule has 7 nitrogen and oxygen atoms in total. The molecule has 1 aromatic carbocycles. The van der Waals surface area contributed by atoms with Crippen molar-refractivity contribution in [1.82, 2.24) is 25.3 Å². The lowest BCUT2D eigenvalue weighted by Gasteiger charge is -2.07. The SMILES string of the molecule is Cc1c(C(=O)NCCCCN)nnn1-c1cccc2ncccc12.Cl.Cl. The van der Waals surface area contributed by atoms with Gasteiger partial charge in [-0.1, -0.05) is 11.3 Å². The number of hydrogen-bond donors (Lipinski definition) is 2. The van der Waals surface area contributed by atoms with Crippen LogP contribution in [0.5, 0.6) is 0 Å². The third kappa shape index (κ3) is 4.49. The van der Waals surface area contributed by atoms with E-state index in [9.17, 15) is 4.79 Å². The average molecular weight is 397 g/mol. The van der Waals surface area contributed by atoms with Gasteiger partial charge in [-0.05, 0) is 50.6 Å². The van der Waals surface area contributed by atoms with E-state index in [1.54, 1.807) is 10.9 Å². The molecule has 0 bridgehead atoms. The van der Waals surface area contributed by atoms with E-state index in [1.165, 1.54) is 0 Å². The monoisotopic (exact) mass is 396 g/mol.